The van der Waals surface area contributed by atoms with Crippen molar-refractivity contribution in [3.05, 3.63) is 23.9 Å². The zero-order chi connectivity index (χ0) is 13.9. The molecular formula is C15H20N2O3. The highest BCUT2D eigenvalue weighted by Crippen LogP contribution is 2.29. The number of hydrogen-bond donors (Lipinski definition) is 0. The van der Waals surface area contributed by atoms with E-state index in [1.165, 1.54) is 12.8 Å². The second kappa shape index (κ2) is 5.79. The lowest BCUT2D eigenvalue weighted by Crippen LogP contribution is -2.54. The van der Waals surface area contributed by atoms with E-state index in [0.717, 1.165) is 12.8 Å². The first-order valence-corrected chi connectivity index (χ1v) is 7.23. The van der Waals surface area contributed by atoms with E-state index in [4.69, 9.17) is 9.47 Å². The van der Waals surface area contributed by atoms with Crippen molar-refractivity contribution in [1.29, 1.82) is 0 Å². The fourth-order valence-electron chi connectivity index (χ4n) is 3.14. The van der Waals surface area contributed by atoms with E-state index in [0.29, 0.717) is 24.7 Å². The van der Waals surface area contributed by atoms with Crippen LogP contribution in [-0.2, 0) is 4.74 Å². The van der Waals surface area contributed by atoms with E-state index in [9.17, 15) is 4.79 Å². The molecule has 1 aliphatic heterocycles. The molecule has 2 atom stereocenters. The fraction of sp³-hybridized carbons (Fsp3) is 0.600. The molecule has 20 heavy (non-hydrogen) atoms. The van der Waals surface area contributed by atoms with Crippen molar-refractivity contribution in [1.82, 2.24) is 9.88 Å². The highest BCUT2D eigenvalue weighted by Gasteiger charge is 2.37. The van der Waals surface area contributed by atoms with Crippen LogP contribution in [0.3, 0.4) is 0 Å². The second-order valence-electron chi connectivity index (χ2n) is 5.32. The molecule has 1 aliphatic carbocycles. The third kappa shape index (κ3) is 2.50. The van der Waals surface area contributed by atoms with Gasteiger partial charge in [0.05, 0.1) is 25.9 Å². The number of aromatic nitrogens is 1. The van der Waals surface area contributed by atoms with Gasteiger partial charge in [-0.3, -0.25) is 4.79 Å². The van der Waals surface area contributed by atoms with Gasteiger partial charge in [-0.1, -0.05) is 18.9 Å². The second-order valence-corrected chi connectivity index (χ2v) is 5.32. The molecule has 1 saturated carbocycles. The van der Waals surface area contributed by atoms with Crippen LogP contribution in [0.2, 0.25) is 0 Å². The van der Waals surface area contributed by atoms with E-state index in [1.807, 2.05) is 4.90 Å². The zero-order valence-corrected chi connectivity index (χ0v) is 11.7. The lowest BCUT2D eigenvalue weighted by molar-refractivity contribution is -0.0754. The van der Waals surface area contributed by atoms with Crippen molar-refractivity contribution in [3.8, 4) is 5.88 Å². The van der Waals surface area contributed by atoms with Crippen LogP contribution in [-0.4, -0.2) is 48.2 Å². The van der Waals surface area contributed by atoms with Crippen molar-refractivity contribution >= 4 is 5.91 Å². The molecular weight excluding hydrogens is 256 g/mol. The normalized spacial score (nSPS) is 25.9. The van der Waals surface area contributed by atoms with Gasteiger partial charge in [-0.2, -0.15) is 0 Å². The topological polar surface area (TPSA) is 51.7 Å². The summed E-state index contributed by atoms with van der Waals surface area (Å²) in [7, 11) is 1.56. The van der Waals surface area contributed by atoms with Crippen LogP contribution in [0.5, 0.6) is 5.88 Å². The van der Waals surface area contributed by atoms with Crippen LogP contribution < -0.4 is 4.74 Å². The summed E-state index contributed by atoms with van der Waals surface area (Å²) in [6.07, 6.45) is 4.65. The van der Waals surface area contributed by atoms with Gasteiger partial charge in [-0.15, -0.1) is 0 Å². The quantitative estimate of drug-likeness (QED) is 0.827. The third-order valence-corrected chi connectivity index (χ3v) is 4.14. The van der Waals surface area contributed by atoms with Gasteiger partial charge < -0.3 is 14.4 Å². The van der Waals surface area contributed by atoms with Gasteiger partial charge >= 0.3 is 0 Å². The van der Waals surface area contributed by atoms with Gasteiger partial charge in [0, 0.05) is 12.6 Å². The van der Waals surface area contributed by atoms with Gasteiger partial charge in [0.1, 0.15) is 5.69 Å². The fourth-order valence-corrected chi connectivity index (χ4v) is 3.14. The van der Waals surface area contributed by atoms with E-state index in [-0.39, 0.29) is 18.1 Å². The number of carbonyl (C=O) groups is 1. The van der Waals surface area contributed by atoms with E-state index in [1.54, 1.807) is 25.3 Å². The molecule has 1 aromatic rings. The minimum atomic E-state index is -0.0101. The molecule has 2 fully saturated rings. The van der Waals surface area contributed by atoms with Crippen molar-refractivity contribution in [2.24, 2.45) is 0 Å². The summed E-state index contributed by atoms with van der Waals surface area (Å²) in [5.41, 5.74) is 0.454. The highest BCUT2D eigenvalue weighted by atomic mass is 16.5. The minimum Gasteiger partial charge on any atom is -0.481 e. The Balaban J connectivity index is 1.81. The van der Waals surface area contributed by atoms with Crippen LogP contribution in [0.1, 0.15) is 36.2 Å². The van der Waals surface area contributed by atoms with E-state index >= 15 is 0 Å². The predicted molar refractivity (Wildman–Crippen MR) is 73.8 cm³/mol. The summed E-state index contributed by atoms with van der Waals surface area (Å²) in [6, 6.07) is 5.51. The van der Waals surface area contributed by atoms with Gasteiger partial charge in [0.2, 0.25) is 5.88 Å². The van der Waals surface area contributed by atoms with E-state index < -0.39 is 0 Å². The summed E-state index contributed by atoms with van der Waals surface area (Å²) >= 11 is 0. The number of hydrogen-bond acceptors (Lipinski definition) is 4. The van der Waals surface area contributed by atoms with Gasteiger partial charge in [-0.05, 0) is 18.9 Å². The average molecular weight is 276 g/mol. The van der Waals surface area contributed by atoms with Crippen LogP contribution in [0.4, 0.5) is 0 Å². The number of amides is 1. The number of carbonyl (C=O) groups excluding carboxylic acids is 1. The molecule has 0 N–H and O–H groups in total. The van der Waals surface area contributed by atoms with Crippen molar-refractivity contribution in [2.75, 3.05) is 20.3 Å². The lowest BCUT2D eigenvalue weighted by atomic mass is 9.90. The van der Waals surface area contributed by atoms with Crippen LogP contribution >= 0.6 is 0 Å². The molecule has 0 bridgehead atoms. The molecule has 1 amide bonds. The van der Waals surface area contributed by atoms with Crippen LogP contribution in [0, 0.1) is 0 Å². The maximum absolute atomic E-state index is 12.7. The number of rotatable bonds is 2. The van der Waals surface area contributed by atoms with E-state index in [2.05, 4.69) is 4.98 Å². The SMILES string of the molecule is COc1cccc(C(=O)N2CCO[C@H]3CCCC[C@H]32)n1. The Morgan fingerprint density at radius 3 is 3.10 bits per heavy atom. The summed E-state index contributed by atoms with van der Waals surface area (Å²) in [6.45, 7) is 1.27. The van der Waals surface area contributed by atoms with Gasteiger partial charge in [0.25, 0.3) is 5.91 Å². The Morgan fingerprint density at radius 1 is 1.40 bits per heavy atom. The van der Waals surface area contributed by atoms with Crippen molar-refractivity contribution in [3.63, 3.8) is 0 Å². The Hall–Kier alpha value is -1.62. The summed E-state index contributed by atoms with van der Waals surface area (Å²) < 4.78 is 10.9. The number of fused-ring (bicyclic) bond motifs is 1. The summed E-state index contributed by atoms with van der Waals surface area (Å²) in [5, 5.41) is 0. The summed E-state index contributed by atoms with van der Waals surface area (Å²) in [4.78, 5) is 18.9. The number of pyridine rings is 1. The molecule has 2 heterocycles. The first-order valence-electron chi connectivity index (χ1n) is 7.23. The van der Waals surface area contributed by atoms with Crippen LogP contribution in [0.25, 0.3) is 0 Å². The first-order chi connectivity index (χ1) is 9.79. The molecule has 5 nitrogen and oxygen atoms in total. The highest BCUT2D eigenvalue weighted by molar-refractivity contribution is 5.92. The Kier molecular flexibility index (Phi) is 3.87. The van der Waals surface area contributed by atoms with Gasteiger partial charge in [0.15, 0.2) is 0 Å². The minimum absolute atomic E-state index is 0.0101. The maximum Gasteiger partial charge on any atom is 0.273 e. The smallest absolute Gasteiger partial charge is 0.273 e. The largest absolute Gasteiger partial charge is 0.481 e. The third-order valence-electron chi connectivity index (χ3n) is 4.14. The standard InChI is InChI=1S/C15H20N2O3/c1-19-14-8-4-5-11(16-14)15(18)17-9-10-20-13-7-3-2-6-12(13)17/h4-5,8,12-13H,2-3,6-7,9-10H2,1H3/t12-,13+/m1/s1. The zero-order valence-electron chi connectivity index (χ0n) is 11.7. The molecule has 5 heteroatoms. The molecule has 1 saturated heterocycles. The number of methoxy groups -OCH3 is 1. The number of ether oxygens (including phenoxy) is 2. The molecule has 3 rings (SSSR count). The molecule has 0 unspecified atom stereocenters. The first kappa shape index (κ1) is 13.4. The number of morpholine rings is 1. The Morgan fingerprint density at radius 2 is 2.25 bits per heavy atom. The van der Waals surface area contributed by atoms with Crippen LogP contribution in [0.15, 0.2) is 18.2 Å². The average Bonchev–Trinajstić information content (AvgIpc) is 2.53. The Bertz CT molecular complexity index is 490. The van der Waals surface area contributed by atoms with Gasteiger partial charge in [-0.25, -0.2) is 4.98 Å². The maximum atomic E-state index is 12.7. The molecule has 108 valence electrons. The molecule has 0 aromatic carbocycles. The summed E-state index contributed by atoms with van der Waals surface area (Å²) in [5.74, 6) is 0.466. The van der Waals surface area contributed by atoms with Crippen molar-refractivity contribution < 1.29 is 14.3 Å². The molecule has 0 spiro atoms. The Labute approximate surface area is 118 Å². The molecule has 2 aliphatic rings. The molecule has 0 radical (unpaired) electrons. The molecule has 1 aromatic heterocycles. The monoisotopic (exact) mass is 276 g/mol. The van der Waals surface area contributed by atoms with Crippen molar-refractivity contribution in [2.45, 2.75) is 37.8 Å². The number of nitrogens with zero attached hydrogens (tertiary/aromatic N) is 2. The predicted octanol–water partition coefficient (Wildman–Crippen LogP) is 1.87. The lowest BCUT2D eigenvalue weighted by Gasteiger charge is -2.43.